The van der Waals surface area contributed by atoms with E-state index in [9.17, 15) is 9.59 Å². The number of carboxylic acid groups (broad SMARTS) is 1. The highest BCUT2D eigenvalue weighted by atomic mass is 32.1. The third-order valence-electron chi connectivity index (χ3n) is 2.86. The van der Waals surface area contributed by atoms with Crippen molar-refractivity contribution in [3.63, 3.8) is 0 Å². The molecule has 0 bridgehead atoms. The molecule has 1 heterocycles. The van der Waals surface area contributed by atoms with Crippen molar-refractivity contribution >= 4 is 23.3 Å². The number of hydrogen-bond acceptors (Lipinski definition) is 4. The first kappa shape index (κ1) is 11.1. The third-order valence-corrected chi connectivity index (χ3v) is 3.93. The zero-order valence-corrected chi connectivity index (χ0v) is 9.67. The first-order valence-electron chi connectivity index (χ1n) is 4.98. The Bertz CT molecular complexity index is 431. The Morgan fingerprint density at radius 1 is 1.50 bits per heavy atom. The Morgan fingerprint density at radius 3 is 2.62 bits per heavy atom. The van der Waals surface area contributed by atoms with E-state index < -0.39 is 5.97 Å². The fraction of sp³-hybridized carbons (Fsp3) is 0.455. The van der Waals surface area contributed by atoms with Gasteiger partial charge in [0.05, 0.1) is 12.5 Å². The lowest BCUT2D eigenvalue weighted by atomic mass is 10.0. The van der Waals surface area contributed by atoms with Crippen molar-refractivity contribution in [1.29, 1.82) is 0 Å². The molecule has 5 heteroatoms. The largest absolute Gasteiger partial charge is 0.477 e. The Kier molecular flexibility index (Phi) is 2.71. The van der Waals surface area contributed by atoms with Crippen LogP contribution in [0.5, 0.6) is 0 Å². The van der Waals surface area contributed by atoms with Crippen molar-refractivity contribution in [2.45, 2.75) is 19.3 Å². The number of carbonyl (C=O) groups excluding carboxylic acids is 1. The summed E-state index contributed by atoms with van der Waals surface area (Å²) in [5.41, 5.74) is -0.380. The lowest BCUT2D eigenvalue weighted by molar-refractivity contribution is -0.147. The molecule has 0 atom stereocenters. The van der Waals surface area contributed by atoms with Gasteiger partial charge in [-0.1, -0.05) is 0 Å². The fourth-order valence-corrected chi connectivity index (χ4v) is 2.73. The molecule has 0 saturated heterocycles. The van der Waals surface area contributed by atoms with Crippen LogP contribution in [-0.2, 0) is 16.0 Å². The number of aromatic carboxylic acids is 1. The normalized spacial score (nSPS) is 16.8. The minimum absolute atomic E-state index is 0.183. The molecule has 0 spiro atoms. The molecular formula is C11H12O4S. The van der Waals surface area contributed by atoms with Crippen LogP contribution in [0.25, 0.3) is 0 Å². The Balaban J connectivity index is 2.09. The average molecular weight is 240 g/mol. The van der Waals surface area contributed by atoms with E-state index in [4.69, 9.17) is 9.84 Å². The number of carbonyl (C=O) groups is 2. The van der Waals surface area contributed by atoms with Gasteiger partial charge < -0.3 is 9.84 Å². The molecule has 4 nitrogen and oxygen atoms in total. The Morgan fingerprint density at radius 2 is 2.19 bits per heavy atom. The molecule has 0 amide bonds. The summed E-state index contributed by atoms with van der Waals surface area (Å²) in [4.78, 5) is 23.5. The maximum Gasteiger partial charge on any atom is 0.345 e. The van der Waals surface area contributed by atoms with Crippen LogP contribution in [0.15, 0.2) is 12.1 Å². The lowest BCUT2D eigenvalue weighted by Crippen LogP contribution is -2.19. The van der Waals surface area contributed by atoms with Crippen LogP contribution in [0, 0.1) is 5.41 Å². The first-order valence-corrected chi connectivity index (χ1v) is 5.79. The zero-order chi connectivity index (χ0) is 11.8. The van der Waals surface area contributed by atoms with Crippen molar-refractivity contribution in [1.82, 2.24) is 0 Å². The molecule has 86 valence electrons. The highest BCUT2D eigenvalue weighted by molar-refractivity contribution is 7.13. The van der Waals surface area contributed by atoms with Crippen molar-refractivity contribution < 1.29 is 19.4 Å². The number of thiophene rings is 1. The van der Waals surface area contributed by atoms with Crippen molar-refractivity contribution in [2.75, 3.05) is 7.11 Å². The van der Waals surface area contributed by atoms with Crippen molar-refractivity contribution in [2.24, 2.45) is 5.41 Å². The van der Waals surface area contributed by atoms with E-state index in [-0.39, 0.29) is 11.4 Å². The summed E-state index contributed by atoms with van der Waals surface area (Å²) in [5.74, 6) is -1.10. The second-order valence-electron chi connectivity index (χ2n) is 4.02. The van der Waals surface area contributed by atoms with Gasteiger partial charge in [-0.05, 0) is 31.4 Å². The summed E-state index contributed by atoms with van der Waals surface area (Å²) in [5, 5.41) is 8.79. The highest BCUT2D eigenvalue weighted by Gasteiger charge is 2.51. The van der Waals surface area contributed by atoms with Crippen LogP contribution in [0.2, 0.25) is 0 Å². The topological polar surface area (TPSA) is 63.6 Å². The standard InChI is InChI=1S/C11H12O4S/c1-15-10(14)11(4-5-11)6-7-2-3-8(16-7)9(12)13/h2-3H,4-6H2,1H3,(H,12,13). The quantitative estimate of drug-likeness (QED) is 0.817. The van der Waals surface area contributed by atoms with E-state index in [1.54, 1.807) is 12.1 Å². The fourth-order valence-electron chi connectivity index (χ4n) is 1.74. The molecule has 1 aromatic rings. The van der Waals surface area contributed by atoms with Crippen LogP contribution < -0.4 is 0 Å². The van der Waals surface area contributed by atoms with Gasteiger partial charge in [-0.2, -0.15) is 0 Å². The van der Waals surface area contributed by atoms with E-state index >= 15 is 0 Å². The number of carboxylic acids is 1. The van der Waals surface area contributed by atoms with Gasteiger partial charge in [-0.15, -0.1) is 11.3 Å². The van der Waals surface area contributed by atoms with E-state index in [1.165, 1.54) is 18.4 Å². The molecule has 1 aliphatic rings. The lowest BCUT2D eigenvalue weighted by Gasteiger charge is -2.10. The molecule has 1 aliphatic carbocycles. The van der Waals surface area contributed by atoms with Gasteiger partial charge in [0.2, 0.25) is 0 Å². The maximum atomic E-state index is 11.5. The second kappa shape index (κ2) is 3.90. The number of esters is 1. The maximum absolute atomic E-state index is 11.5. The zero-order valence-electron chi connectivity index (χ0n) is 8.86. The summed E-state index contributed by atoms with van der Waals surface area (Å²) < 4.78 is 4.75. The number of hydrogen-bond donors (Lipinski definition) is 1. The molecule has 16 heavy (non-hydrogen) atoms. The Labute approximate surface area is 96.9 Å². The molecular weight excluding hydrogens is 228 g/mol. The predicted molar refractivity (Wildman–Crippen MR) is 58.7 cm³/mol. The van der Waals surface area contributed by atoms with E-state index in [0.29, 0.717) is 11.3 Å². The first-order chi connectivity index (χ1) is 7.57. The van der Waals surface area contributed by atoms with Crippen LogP contribution in [0.3, 0.4) is 0 Å². The van der Waals surface area contributed by atoms with E-state index in [0.717, 1.165) is 17.7 Å². The molecule has 1 N–H and O–H groups in total. The monoisotopic (exact) mass is 240 g/mol. The summed E-state index contributed by atoms with van der Waals surface area (Å²) in [6.45, 7) is 0. The summed E-state index contributed by atoms with van der Waals surface area (Å²) in [7, 11) is 1.39. The SMILES string of the molecule is COC(=O)C1(Cc2ccc(C(=O)O)s2)CC1. The minimum atomic E-state index is -0.917. The van der Waals surface area contributed by atoms with Gasteiger partial charge in [0, 0.05) is 4.88 Å². The van der Waals surface area contributed by atoms with Gasteiger partial charge in [0.15, 0.2) is 0 Å². The van der Waals surface area contributed by atoms with Crippen LogP contribution in [0.4, 0.5) is 0 Å². The summed E-state index contributed by atoms with van der Waals surface area (Å²) in [6, 6.07) is 3.35. The van der Waals surface area contributed by atoms with Crippen LogP contribution >= 0.6 is 11.3 Å². The van der Waals surface area contributed by atoms with Gasteiger partial charge in [-0.25, -0.2) is 4.79 Å². The van der Waals surface area contributed by atoms with Crippen molar-refractivity contribution in [3.05, 3.63) is 21.9 Å². The van der Waals surface area contributed by atoms with Crippen LogP contribution in [-0.4, -0.2) is 24.2 Å². The highest BCUT2D eigenvalue weighted by Crippen LogP contribution is 2.50. The molecule has 1 fully saturated rings. The van der Waals surface area contributed by atoms with Gasteiger partial charge in [0.25, 0.3) is 0 Å². The number of ether oxygens (including phenoxy) is 1. The smallest absolute Gasteiger partial charge is 0.345 e. The average Bonchev–Trinajstić information content (AvgIpc) is 2.87. The van der Waals surface area contributed by atoms with Gasteiger partial charge in [0.1, 0.15) is 4.88 Å². The van der Waals surface area contributed by atoms with Gasteiger partial charge >= 0.3 is 11.9 Å². The third kappa shape index (κ3) is 1.95. The molecule has 1 aromatic heterocycles. The van der Waals surface area contributed by atoms with E-state index in [2.05, 4.69) is 0 Å². The summed E-state index contributed by atoms with van der Waals surface area (Å²) >= 11 is 1.23. The van der Waals surface area contributed by atoms with Crippen molar-refractivity contribution in [3.8, 4) is 0 Å². The molecule has 0 aliphatic heterocycles. The van der Waals surface area contributed by atoms with Gasteiger partial charge in [-0.3, -0.25) is 4.79 Å². The predicted octanol–water partition coefficient (Wildman–Crippen LogP) is 1.94. The minimum Gasteiger partial charge on any atom is -0.477 e. The van der Waals surface area contributed by atoms with E-state index in [1.807, 2.05) is 0 Å². The Hall–Kier alpha value is -1.36. The molecule has 2 rings (SSSR count). The van der Waals surface area contributed by atoms with Crippen LogP contribution in [0.1, 0.15) is 27.4 Å². The second-order valence-corrected chi connectivity index (χ2v) is 5.19. The molecule has 0 radical (unpaired) electrons. The molecule has 1 saturated carbocycles. The number of rotatable bonds is 4. The molecule has 0 aromatic carbocycles. The number of methoxy groups -OCH3 is 1. The molecule has 0 unspecified atom stereocenters. The summed E-state index contributed by atoms with van der Waals surface area (Å²) in [6.07, 6.45) is 2.26.